The molecule has 1 aromatic heterocycles. The van der Waals surface area contributed by atoms with Crippen molar-refractivity contribution < 1.29 is 4.92 Å². The van der Waals surface area contributed by atoms with Gasteiger partial charge in [0.05, 0.1) is 11.5 Å². The lowest BCUT2D eigenvalue weighted by Crippen LogP contribution is -2.16. The van der Waals surface area contributed by atoms with Crippen LogP contribution in [0.1, 0.15) is 17.0 Å². The Morgan fingerprint density at radius 1 is 1.42 bits per heavy atom. The van der Waals surface area contributed by atoms with Crippen LogP contribution in [0.4, 0.5) is 5.69 Å². The summed E-state index contributed by atoms with van der Waals surface area (Å²) in [5.41, 5.74) is 1.76. The summed E-state index contributed by atoms with van der Waals surface area (Å²) >= 11 is 0. The van der Waals surface area contributed by atoms with Gasteiger partial charge in [0.25, 0.3) is 5.69 Å². The van der Waals surface area contributed by atoms with Crippen LogP contribution in [0.15, 0.2) is 24.5 Å². The molecule has 0 saturated carbocycles. The minimum absolute atomic E-state index is 0.151. The van der Waals surface area contributed by atoms with E-state index in [2.05, 4.69) is 15.5 Å². The van der Waals surface area contributed by atoms with Gasteiger partial charge in [0.2, 0.25) is 0 Å². The van der Waals surface area contributed by atoms with Crippen LogP contribution in [0.5, 0.6) is 0 Å². The zero-order valence-electron chi connectivity index (χ0n) is 10.8. The molecule has 2 aromatic rings. The SMILES string of the molecule is Cc1c(CNCc2nncn2C)cccc1[N+](=O)[O-]. The maximum Gasteiger partial charge on any atom is 0.272 e. The first-order valence-electron chi connectivity index (χ1n) is 5.86. The molecule has 2 rings (SSSR count). The molecule has 0 bridgehead atoms. The molecule has 0 saturated heterocycles. The number of aryl methyl sites for hydroxylation is 1. The molecule has 100 valence electrons. The molecule has 0 amide bonds. The molecule has 0 radical (unpaired) electrons. The van der Waals surface area contributed by atoms with Crippen molar-refractivity contribution in [2.45, 2.75) is 20.0 Å². The van der Waals surface area contributed by atoms with E-state index >= 15 is 0 Å². The molecule has 7 nitrogen and oxygen atoms in total. The molecule has 0 unspecified atom stereocenters. The van der Waals surface area contributed by atoms with Crippen LogP contribution in [-0.2, 0) is 20.1 Å². The van der Waals surface area contributed by atoms with Crippen LogP contribution in [0.25, 0.3) is 0 Å². The second-order valence-corrected chi connectivity index (χ2v) is 4.28. The predicted molar refractivity (Wildman–Crippen MR) is 69.4 cm³/mol. The van der Waals surface area contributed by atoms with Gasteiger partial charge >= 0.3 is 0 Å². The summed E-state index contributed by atoms with van der Waals surface area (Å²) in [7, 11) is 1.87. The van der Waals surface area contributed by atoms with E-state index in [-0.39, 0.29) is 10.6 Å². The van der Waals surface area contributed by atoms with Crippen molar-refractivity contribution in [2.24, 2.45) is 7.05 Å². The van der Waals surface area contributed by atoms with E-state index in [9.17, 15) is 10.1 Å². The number of nitrogens with zero attached hydrogens (tertiary/aromatic N) is 4. The Morgan fingerprint density at radius 3 is 2.84 bits per heavy atom. The highest BCUT2D eigenvalue weighted by Gasteiger charge is 2.12. The summed E-state index contributed by atoms with van der Waals surface area (Å²) in [6.07, 6.45) is 1.63. The third-order valence-electron chi connectivity index (χ3n) is 3.02. The normalized spacial score (nSPS) is 10.6. The number of nitrogens with one attached hydrogen (secondary N) is 1. The number of hydrogen-bond acceptors (Lipinski definition) is 5. The van der Waals surface area contributed by atoms with Crippen molar-refractivity contribution >= 4 is 5.69 Å². The molecule has 0 atom stereocenters. The zero-order chi connectivity index (χ0) is 13.8. The number of aromatic nitrogens is 3. The second kappa shape index (κ2) is 5.57. The van der Waals surface area contributed by atoms with Gasteiger partial charge in [-0.2, -0.15) is 0 Å². The standard InChI is InChI=1S/C12H15N5O2/c1-9-10(4-3-5-11(9)17(18)19)6-13-7-12-15-14-8-16(12)2/h3-5,8,13H,6-7H2,1-2H3. The van der Waals surface area contributed by atoms with E-state index in [0.717, 1.165) is 11.4 Å². The van der Waals surface area contributed by atoms with Gasteiger partial charge in [0.1, 0.15) is 12.2 Å². The first kappa shape index (κ1) is 13.2. The Kier molecular flexibility index (Phi) is 3.86. The number of benzene rings is 1. The lowest BCUT2D eigenvalue weighted by atomic mass is 10.1. The van der Waals surface area contributed by atoms with Crippen LogP contribution < -0.4 is 5.32 Å². The van der Waals surface area contributed by atoms with Gasteiger partial charge < -0.3 is 9.88 Å². The van der Waals surface area contributed by atoms with Gasteiger partial charge in [-0.1, -0.05) is 12.1 Å². The predicted octanol–water partition coefficient (Wildman–Crippen LogP) is 1.32. The first-order valence-corrected chi connectivity index (χ1v) is 5.86. The molecule has 0 fully saturated rings. The highest BCUT2D eigenvalue weighted by atomic mass is 16.6. The fraction of sp³-hybridized carbons (Fsp3) is 0.333. The van der Waals surface area contributed by atoms with Gasteiger partial charge in [-0.25, -0.2) is 0 Å². The number of rotatable bonds is 5. The molecule has 1 aromatic carbocycles. The van der Waals surface area contributed by atoms with Crippen molar-refractivity contribution in [3.63, 3.8) is 0 Å². The van der Waals surface area contributed by atoms with Gasteiger partial charge in [-0.15, -0.1) is 10.2 Å². The summed E-state index contributed by atoms with van der Waals surface area (Å²) in [6, 6.07) is 5.10. The molecule has 1 N–H and O–H groups in total. The second-order valence-electron chi connectivity index (χ2n) is 4.28. The minimum atomic E-state index is -0.360. The molecule has 7 heteroatoms. The third-order valence-corrected chi connectivity index (χ3v) is 3.02. The zero-order valence-corrected chi connectivity index (χ0v) is 10.8. The maximum absolute atomic E-state index is 10.8. The topological polar surface area (TPSA) is 85.9 Å². The number of hydrogen-bond donors (Lipinski definition) is 1. The monoisotopic (exact) mass is 261 g/mol. The minimum Gasteiger partial charge on any atom is -0.320 e. The van der Waals surface area contributed by atoms with Crippen LogP contribution in [-0.4, -0.2) is 19.7 Å². The highest BCUT2D eigenvalue weighted by molar-refractivity contribution is 5.44. The largest absolute Gasteiger partial charge is 0.320 e. The van der Waals surface area contributed by atoms with Gasteiger partial charge in [0, 0.05) is 25.2 Å². The molecule has 19 heavy (non-hydrogen) atoms. The molecule has 1 heterocycles. The molecule has 0 aliphatic heterocycles. The van der Waals surface area contributed by atoms with Gasteiger partial charge in [-0.05, 0) is 12.5 Å². The number of nitro benzene ring substituents is 1. The van der Waals surface area contributed by atoms with E-state index in [1.807, 2.05) is 17.7 Å². The van der Waals surface area contributed by atoms with Crippen molar-refractivity contribution in [3.05, 3.63) is 51.6 Å². The van der Waals surface area contributed by atoms with Crippen molar-refractivity contribution in [2.75, 3.05) is 0 Å². The van der Waals surface area contributed by atoms with Crippen LogP contribution in [0.2, 0.25) is 0 Å². The first-order chi connectivity index (χ1) is 9.09. The Labute approximate surface area is 110 Å². The van der Waals surface area contributed by atoms with Gasteiger partial charge in [-0.3, -0.25) is 10.1 Å². The Balaban J connectivity index is 2.02. The quantitative estimate of drug-likeness (QED) is 0.648. The lowest BCUT2D eigenvalue weighted by Gasteiger charge is -2.07. The number of nitro groups is 1. The third kappa shape index (κ3) is 2.94. The Morgan fingerprint density at radius 2 is 2.21 bits per heavy atom. The average molecular weight is 261 g/mol. The fourth-order valence-electron chi connectivity index (χ4n) is 1.84. The molecular weight excluding hydrogens is 246 g/mol. The van der Waals surface area contributed by atoms with Crippen molar-refractivity contribution in [3.8, 4) is 0 Å². The van der Waals surface area contributed by atoms with E-state index in [0.29, 0.717) is 18.7 Å². The van der Waals surface area contributed by atoms with E-state index in [4.69, 9.17) is 0 Å². The van der Waals surface area contributed by atoms with Gasteiger partial charge in [0.15, 0.2) is 0 Å². The summed E-state index contributed by atoms with van der Waals surface area (Å²) in [5, 5.41) is 21.8. The molecule has 0 aliphatic rings. The molecular formula is C12H15N5O2. The van der Waals surface area contributed by atoms with E-state index < -0.39 is 0 Å². The highest BCUT2D eigenvalue weighted by Crippen LogP contribution is 2.20. The van der Waals surface area contributed by atoms with Crippen molar-refractivity contribution in [1.82, 2.24) is 20.1 Å². The molecule has 0 aliphatic carbocycles. The van der Waals surface area contributed by atoms with E-state index in [1.165, 1.54) is 6.07 Å². The summed E-state index contributed by atoms with van der Waals surface area (Å²) in [4.78, 5) is 10.5. The summed E-state index contributed by atoms with van der Waals surface area (Å²) in [5.74, 6) is 0.822. The van der Waals surface area contributed by atoms with Crippen molar-refractivity contribution in [1.29, 1.82) is 0 Å². The van der Waals surface area contributed by atoms with Crippen LogP contribution in [0.3, 0.4) is 0 Å². The van der Waals surface area contributed by atoms with Crippen LogP contribution >= 0.6 is 0 Å². The fourth-order valence-corrected chi connectivity index (χ4v) is 1.84. The lowest BCUT2D eigenvalue weighted by molar-refractivity contribution is -0.385. The smallest absolute Gasteiger partial charge is 0.272 e. The Bertz CT molecular complexity index is 594. The summed E-state index contributed by atoms with van der Waals surface area (Å²) < 4.78 is 1.83. The average Bonchev–Trinajstić information content (AvgIpc) is 2.77. The Hall–Kier alpha value is -2.28. The van der Waals surface area contributed by atoms with Crippen LogP contribution in [0, 0.1) is 17.0 Å². The molecule has 0 spiro atoms. The van der Waals surface area contributed by atoms with E-state index in [1.54, 1.807) is 19.3 Å². The maximum atomic E-state index is 10.8. The summed E-state index contributed by atoms with van der Waals surface area (Å²) in [6.45, 7) is 2.89.